The van der Waals surface area contributed by atoms with Crippen LogP contribution in [-0.2, 0) is 4.79 Å². The Morgan fingerprint density at radius 2 is 2.05 bits per heavy atom. The van der Waals surface area contributed by atoms with Crippen molar-refractivity contribution >= 4 is 16.9 Å². The number of piperazine rings is 1. The molecule has 1 aromatic carbocycles. The third-order valence-electron chi connectivity index (χ3n) is 4.41. The summed E-state index contributed by atoms with van der Waals surface area (Å²) >= 11 is 0. The van der Waals surface area contributed by atoms with Crippen molar-refractivity contribution in [3.05, 3.63) is 24.0 Å². The zero-order valence-corrected chi connectivity index (χ0v) is 13.3. The van der Waals surface area contributed by atoms with Gasteiger partial charge in [0.15, 0.2) is 0 Å². The average Bonchev–Trinajstić information content (AvgIpc) is 2.97. The van der Waals surface area contributed by atoms with E-state index in [9.17, 15) is 4.79 Å². The average molecular weight is 302 g/mol. The lowest BCUT2D eigenvalue weighted by Gasteiger charge is -2.36. The number of nitrogens with zero attached hydrogens (tertiary/aromatic N) is 3. The van der Waals surface area contributed by atoms with E-state index in [0.29, 0.717) is 0 Å². The summed E-state index contributed by atoms with van der Waals surface area (Å²) in [5, 5.41) is 0. The fourth-order valence-corrected chi connectivity index (χ4v) is 2.93. The van der Waals surface area contributed by atoms with Gasteiger partial charge in [0.2, 0.25) is 5.91 Å². The van der Waals surface area contributed by atoms with Crippen molar-refractivity contribution in [1.82, 2.24) is 19.8 Å². The lowest BCUT2D eigenvalue weighted by Crippen LogP contribution is -2.48. The molecule has 0 saturated carbocycles. The summed E-state index contributed by atoms with van der Waals surface area (Å²) in [7, 11) is 1.66. The van der Waals surface area contributed by atoms with Gasteiger partial charge in [0.1, 0.15) is 11.6 Å². The minimum Gasteiger partial charge on any atom is -0.497 e. The predicted molar refractivity (Wildman–Crippen MR) is 84.9 cm³/mol. The van der Waals surface area contributed by atoms with Crippen LogP contribution in [0.5, 0.6) is 5.75 Å². The van der Waals surface area contributed by atoms with Crippen LogP contribution < -0.4 is 4.74 Å². The first kappa shape index (κ1) is 14.8. The first-order chi connectivity index (χ1) is 10.6. The summed E-state index contributed by atoms with van der Waals surface area (Å²) in [4.78, 5) is 23.7. The fraction of sp³-hybridized carbons (Fsp3) is 0.500. The number of carbonyl (C=O) groups excluding carboxylic acids is 1. The van der Waals surface area contributed by atoms with Crippen LogP contribution in [0.4, 0.5) is 0 Å². The zero-order valence-electron chi connectivity index (χ0n) is 13.3. The summed E-state index contributed by atoms with van der Waals surface area (Å²) in [5.41, 5.74) is 1.94. The van der Waals surface area contributed by atoms with Crippen LogP contribution in [0.3, 0.4) is 0 Å². The molecule has 0 radical (unpaired) electrons. The van der Waals surface area contributed by atoms with Crippen LogP contribution >= 0.6 is 0 Å². The van der Waals surface area contributed by atoms with Gasteiger partial charge in [0.05, 0.1) is 24.2 Å². The molecular formula is C16H22N4O2. The highest BCUT2D eigenvalue weighted by Gasteiger charge is 2.24. The molecule has 2 aromatic rings. The van der Waals surface area contributed by atoms with Crippen molar-refractivity contribution in [2.24, 2.45) is 0 Å². The molecule has 1 N–H and O–H groups in total. The summed E-state index contributed by atoms with van der Waals surface area (Å²) in [6.45, 7) is 7.10. The van der Waals surface area contributed by atoms with Crippen molar-refractivity contribution in [1.29, 1.82) is 0 Å². The molecular weight excluding hydrogens is 280 g/mol. The molecule has 1 aromatic heterocycles. The van der Waals surface area contributed by atoms with E-state index in [1.165, 1.54) is 0 Å². The van der Waals surface area contributed by atoms with Crippen LogP contribution in [0, 0.1) is 0 Å². The van der Waals surface area contributed by atoms with E-state index < -0.39 is 0 Å². The number of imidazole rings is 1. The van der Waals surface area contributed by atoms with E-state index in [1.54, 1.807) is 14.0 Å². The maximum Gasteiger partial charge on any atom is 0.219 e. The van der Waals surface area contributed by atoms with Crippen molar-refractivity contribution in [2.45, 2.75) is 19.9 Å². The smallest absolute Gasteiger partial charge is 0.219 e. The van der Waals surface area contributed by atoms with Gasteiger partial charge in [-0.2, -0.15) is 0 Å². The molecule has 1 saturated heterocycles. The van der Waals surface area contributed by atoms with Gasteiger partial charge < -0.3 is 14.6 Å². The molecule has 6 nitrogen and oxygen atoms in total. The zero-order chi connectivity index (χ0) is 15.7. The summed E-state index contributed by atoms with van der Waals surface area (Å²) in [5.74, 6) is 1.94. The highest BCUT2D eigenvalue weighted by Crippen LogP contribution is 2.24. The van der Waals surface area contributed by atoms with Crippen LogP contribution in [-0.4, -0.2) is 59.0 Å². The molecule has 0 bridgehead atoms. The van der Waals surface area contributed by atoms with Crippen LogP contribution in [0.25, 0.3) is 11.0 Å². The molecule has 1 unspecified atom stereocenters. The molecule has 1 fully saturated rings. The molecule has 22 heavy (non-hydrogen) atoms. The summed E-state index contributed by atoms with van der Waals surface area (Å²) in [6.07, 6.45) is 0. The van der Waals surface area contributed by atoms with E-state index >= 15 is 0 Å². The number of ether oxygens (including phenoxy) is 1. The number of methoxy groups -OCH3 is 1. The number of hydrogen-bond donors (Lipinski definition) is 1. The largest absolute Gasteiger partial charge is 0.497 e. The Morgan fingerprint density at radius 1 is 1.32 bits per heavy atom. The number of carbonyl (C=O) groups is 1. The number of amides is 1. The minimum atomic E-state index is 0.156. The first-order valence-corrected chi connectivity index (χ1v) is 7.61. The molecule has 0 spiro atoms. The SMILES string of the molecule is COc1ccc2nc(C(C)N3CCN(C(C)=O)CC3)[nH]c2c1. The Kier molecular flexibility index (Phi) is 4.02. The first-order valence-electron chi connectivity index (χ1n) is 7.61. The highest BCUT2D eigenvalue weighted by molar-refractivity contribution is 5.77. The monoisotopic (exact) mass is 302 g/mol. The van der Waals surface area contributed by atoms with Crippen molar-refractivity contribution < 1.29 is 9.53 Å². The Bertz CT molecular complexity index is 674. The molecule has 1 aliphatic heterocycles. The van der Waals surface area contributed by atoms with Gasteiger partial charge in [-0.05, 0) is 19.1 Å². The maximum atomic E-state index is 11.4. The summed E-state index contributed by atoms with van der Waals surface area (Å²) in [6, 6.07) is 6.05. The molecule has 2 heterocycles. The van der Waals surface area contributed by atoms with Crippen LogP contribution in [0.15, 0.2) is 18.2 Å². The quantitative estimate of drug-likeness (QED) is 0.939. The second kappa shape index (κ2) is 5.96. The minimum absolute atomic E-state index is 0.156. The van der Waals surface area contributed by atoms with E-state index in [1.807, 2.05) is 23.1 Å². The maximum absolute atomic E-state index is 11.4. The van der Waals surface area contributed by atoms with Crippen LogP contribution in [0.2, 0.25) is 0 Å². The van der Waals surface area contributed by atoms with Gasteiger partial charge >= 0.3 is 0 Å². The van der Waals surface area contributed by atoms with E-state index in [-0.39, 0.29) is 11.9 Å². The number of aromatic amines is 1. The second-order valence-corrected chi connectivity index (χ2v) is 5.72. The molecule has 118 valence electrons. The molecule has 0 aliphatic carbocycles. The molecule has 1 aliphatic rings. The van der Waals surface area contributed by atoms with Gasteiger partial charge in [0, 0.05) is 39.2 Å². The molecule has 1 atom stereocenters. The summed E-state index contributed by atoms with van der Waals surface area (Å²) < 4.78 is 5.25. The highest BCUT2D eigenvalue weighted by atomic mass is 16.5. The Labute approximate surface area is 130 Å². The third kappa shape index (κ3) is 2.78. The second-order valence-electron chi connectivity index (χ2n) is 5.72. The van der Waals surface area contributed by atoms with E-state index in [4.69, 9.17) is 4.74 Å². The van der Waals surface area contributed by atoms with Gasteiger partial charge in [-0.1, -0.05) is 0 Å². The van der Waals surface area contributed by atoms with Crippen molar-refractivity contribution in [3.8, 4) is 5.75 Å². The molecule has 1 amide bonds. The van der Waals surface area contributed by atoms with Gasteiger partial charge in [-0.3, -0.25) is 9.69 Å². The Hall–Kier alpha value is -2.08. The van der Waals surface area contributed by atoms with E-state index in [0.717, 1.165) is 48.8 Å². The van der Waals surface area contributed by atoms with Crippen molar-refractivity contribution in [2.75, 3.05) is 33.3 Å². The number of nitrogens with one attached hydrogen (secondary N) is 1. The van der Waals surface area contributed by atoms with Gasteiger partial charge in [0.25, 0.3) is 0 Å². The van der Waals surface area contributed by atoms with E-state index in [2.05, 4.69) is 21.8 Å². The standard InChI is InChI=1S/C16H22N4O2/c1-11(19-6-8-20(9-7-19)12(2)21)16-17-14-5-4-13(22-3)10-15(14)18-16/h4-5,10-11H,6-9H2,1-3H3,(H,17,18). The third-order valence-corrected chi connectivity index (χ3v) is 4.41. The Balaban J connectivity index is 1.75. The van der Waals surface area contributed by atoms with Gasteiger partial charge in [-0.25, -0.2) is 4.98 Å². The number of benzene rings is 1. The lowest BCUT2D eigenvalue weighted by atomic mass is 10.2. The normalized spacial score (nSPS) is 17.7. The number of fused-ring (bicyclic) bond motifs is 1. The fourth-order valence-electron chi connectivity index (χ4n) is 2.93. The number of rotatable bonds is 3. The topological polar surface area (TPSA) is 61.5 Å². The van der Waals surface area contributed by atoms with Crippen LogP contribution in [0.1, 0.15) is 25.7 Å². The Morgan fingerprint density at radius 3 is 2.68 bits per heavy atom. The molecule has 3 rings (SSSR count). The lowest BCUT2D eigenvalue weighted by molar-refractivity contribution is -0.130. The number of H-pyrrole nitrogens is 1. The van der Waals surface area contributed by atoms with Gasteiger partial charge in [-0.15, -0.1) is 0 Å². The van der Waals surface area contributed by atoms with Crippen molar-refractivity contribution in [3.63, 3.8) is 0 Å². The number of hydrogen-bond acceptors (Lipinski definition) is 4. The predicted octanol–water partition coefficient (Wildman–Crippen LogP) is 1.80. The number of aromatic nitrogens is 2. The molecule has 6 heteroatoms.